The summed E-state index contributed by atoms with van der Waals surface area (Å²) in [4.78, 5) is 224. The van der Waals surface area contributed by atoms with E-state index >= 15 is 57.5 Å². The van der Waals surface area contributed by atoms with Crippen LogP contribution in [0.1, 0.15) is 51.5 Å². The number of hydrogen-bond donors (Lipinski definition) is 16. The van der Waals surface area contributed by atoms with Crippen LogP contribution in [0.15, 0.2) is 172 Å². The standard InChI is InChI=1S/C78H84N22O12S4/c101-66-55(20-19-45-28-83-53-17-9-7-15-51(45)53)89-69(104)59(24-47-30-79-37-85-47)93-67(102)56(21-43-11-3-1-4-12-43)90-72(107)62(27-50-33-82-40-88-50)96-75(110)65-36-114-42-100(65)78(112)76-98-73(108)58(23-46-29-84-54-18-10-8-16-52(46)54)92-70(105)60(25-48-31-80-38-86-48)94-68(103)57(22-44-13-5-2-6-14-44)91-71(106)61(26-49-32-81-39-87-49)95-74(109)64-35-113-41-99(64)77(111)63(97-66)34-115-116-76/h1-18,28-33,37-40,55-65,76,83-84H,19-27,34-36,41-42H2,(H,79,85)(H,80,86)(H,81,87)(H,82,88)(H,89,104)(H,90,107)(H,91,106)(H,92,105)(H,93,102)(H,94,103)(H,95,109)(H,96,110)(H,97,101)(H,98,108)/t55-,56+,57+,58-,59-,60-,61-,62-,63-,64-,65-,76-/m0/s1. The normalized spacial score (nSPS) is 24.4. The Kier molecular flexibility index (Phi) is 26.3. The Balaban J connectivity index is 0.887. The number of nitrogens with one attached hydrogen (secondary N) is 16. The van der Waals surface area contributed by atoms with E-state index in [1.165, 1.54) is 83.4 Å². The third-order valence-corrected chi connectivity index (χ3v) is 25.0. The third-order valence-electron chi connectivity index (χ3n) is 20.4. The van der Waals surface area contributed by atoms with Crippen molar-refractivity contribution < 1.29 is 57.5 Å². The van der Waals surface area contributed by atoms with Crippen LogP contribution in [-0.2, 0) is 109 Å². The monoisotopic (exact) mass is 1650 g/mol. The Labute approximate surface area is 679 Å². The fraction of sp³-hybridized carbons (Fsp3) is 0.333. The van der Waals surface area contributed by atoms with Crippen molar-refractivity contribution in [3.05, 3.63) is 217 Å². The Morgan fingerprint density at radius 2 is 0.690 bits per heavy atom. The van der Waals surface area contributed by atoms with Gasteiger partial charge in [-0.15, -0.1) is 23.5 Å². The first-order chi connectivity index (χ1) is 56.4. The number of fused-ring (bicyclic) bond motifs is 8. The van der Waals surface area contributed by atoms with Gasteiger partial charge < -0.3 is 92.9 Å². The largest absolute Gasteiger partial charge is 0.361 e. The number of nitrogens with zero attached hydrogens (tertiary/aromatic N) is 6. The highest BCUT2D eigenvalue weighted by atomic mass is 33.1. The van der Waals surface area contributed by atoms with Gasteiger partial charge in [0.15, 0.2) is 5.37 Å². The molecule has 10 aromatic rings. The lowest BCUT2D eigenvalue weighted by Crippen LogP contribution is -2.62. The highest BCUT2D eigenvalue weighted by molar-refractivity contribution is 8.77. The molecule has 0 unspecified atom stereocenters. The quantitative estimate of drug-likeness (QED) is 0.0569. The average molecular weight is 1650 g/mol. The van der Waals surface area contributed by atoms with Crippen LogP contribution in [0.5, 0.6) is 0 Å². The zero-order valence-corrected chi connectivity index (χ0v) is 65.5. The van der Waals surface area contributed by atoms with Crippen LogP contribution < -0.4 is 53.2 Å². The number of carbonyl (C=O) groups is 12. The number of para-hydroxylation sites is 2. The molecular formula is C78H84N22O12S4. The number of aromatic amines is 6. The van der Waals surface area contributed by atoms with E-state index in [0.717, 1.165) is 38.1 Å². The van der Waals surface area contributed by atoms with Crippen molar-refractivity contribution in [3.8, 4) is 0 Å². The molecule has 4 saturated heterocycles. The van der Waals surface area contributed by atoms with Gasteiger partial charge in [0.25, 0.3) is 5.91 Å². The lowest BCUT2D eigenvalue weighted by atomic mass is 10.0. The van der Waals surface area contributed by atoms with Crippen molar-refractivity contribution >= 4 is 138 Å². The van der Waals surface area contributed by atoms with Crippen molar-refractivity contribution in [2.45, 2.75) is 130 Å². The number of H-pyrrole nitrogens is 6. The summed E-state index contributed by atoms with van der Waals surface area (Å²) in [5, 5.41) is 28.5. The second kappa shape index (κ2) is 37.9. The zero-order valence-electron chi connectivity index (χ0n) is 62.2. The molecule has 14 rings (SSSR count). The first-order valence-electron chi connectivity index (χ1n) is 37.6. The molecule has 16 N–H and O–H groups in total. The number of carbonyl (C=O) groups excluding carboxylic acids is 12. The van der Waals surface area contributed by atoms with E-state index in [9.17, 15) is 0 Å². The molecule has 38 heteroatoms. The number of hydrogen-bond acceptors (Lipinski definition) is 20. The van der Waals surface area contributed by atoms with Gasteiger partial charge in [-0.25, -0.2) is 19.9 Å². The van der Waals surface area contributed by atoms with Gasteiger partial charge in [0.2, 0.25) is 65.0 Å². The minimum Gasteiger partial charge on any atom is -0.361 e. The maximum absolute atomic E-state index is 16.0. The molecule has 4 aromatic carbocycles. The van der Waals surface area contributed by atoms with E-state index in [0.29, 0.717) is 50.4 Å². The molecule has 4 aliphatic rings. The second-order valence-electron chi connectivity index (χ2n) is 28.4. The van der Waals surface area contributed by atoms with Gasteiger partial charge in [0.1, 0.15) is 66.5 Å². The lowest BCUT2D eigenvalue weighted by Gasteiger charge is -2.32. The lowest BCUT2D eigenvalue weighted by molar-refractivity contribution is -0.141. The smallest absolute Gasteiger partial charge is 0.257 e. The summed E-state index contributed by atoms with van der Waals surface area (Å²) >= 11 is 2.39. The topological polar surface area (TPSA) is 478 Å². The van der Waals surface area contributed by atoms with Gasteiger partial charge in [-0.1, -0.05) is 119 Å². The Morgan fingerprint density at radius 3 is 1.12 bits per heavy atom. The van der Waals surface area contributed by atoms with Gasteiger partial charge in [-0.05, 0) is 47.2 Å². The molecule has 4 aliphatic heterocycles. The summed E-state index contributed by atoms with van der Waals surface area (Å²) in [5.41, 5.74) is 5.23. The van der Waals surface area contributed by atoms with Gasteiger partial charge in [0, 0.05) is 121 Å². The summed E-state index contributed by atoms with van der Waals surface area (Å²) in [6.45, 7) is 0. The van der Waals surface area contributed by atoms with Gasteiger partial charge >= 0.3 is 0 Å². The molecule has 0 spiro atoms. The van der Waals surface area contributed by atoms with Crippen LogP contribution in [0.25, 0.3) is 21.8 Å². The van der Waals surface area contributed by atoms with Crippen molar-refractivity contribution in [1.29, 1.82) is 0 Å². The van der Waals surface area contributed by atoms with E-state index in [1.807, 2.05) is 42.5 Å². The molecule has 4 fully saturated rings. The summed E-state index contributed by atoms with van der Waals surface area (Å²) in [5.74, 6) is -11.1. The van der Waals surface area contributed by atoms with Gasteiger partial charge in [-0.3, -0.25) is 57.5 Å². The fourth-order valence-corrected chi connectivity index (χ4v) is 19.0. The number of benzene rings is 4. The van der Waals surface area contributed by atoms with E-state index in [1.54, 1.807) is 79.1 Å². The van der Waals surface area contributed by atoms with Crippen LogP contribution in [0.3, 0.4) is 0 Å². The van der Waals surface area contributed by atoms with E-state index < -0.39 is 148 Å². The predicted molar refractivity (Wildman–Crippen MR) is 433 cm³/mol. The van der Waals surface area contributed by atoms with Crippen molar-refractivity contribution in [3.63, 3.8) is 0 Å². The predicted octanol–water partition coefficient (Wildman–Crippen LogP) is 1.19. The molecule has 12 amide bonds. The summed E-state index contributed by atoms with van der Waals surface area (Å²) in [6.07, 6.45) is 13.6. The van der Waals surface area contributed by atoms with Crippen LogP contribution in [0.4, 0.5) is 0 Å². The van der Waals surface area contributed by atoms with Crippen molar-refractivity contribution in [2.24, 2.45) is 0 Å². The van der Waals surface area contributed by atoms with Gasteiger partial charge in [-0.2, -0.15) is 0 Å². The first kappa shape index (κ1) is 80.4. The van der Waals surface area contributed by atoms with E-state index in [-0.39, 0.29) is 81.0 Å². The second-order valence-corrected chi connectivity index (χ2v) is 32.9. The molecule has 0 aliphatic carbocycles. The number of rotatable bonds is 17. The molecule has 6 aromatic heterocycles. The Morgan fingerprint density at radius 1 is 0.336 bits per heavy atom. The fourth-order valence-electron chi connectivity index (χ4n) is 14.3. The zero-order chi connectivity index (χ0) is 80.6. The number of thioether (sulfide) groups is 2. The van der Waals surface area contributed by atoms with E-state index in [4.69, 9.17) is 0 Å². The van der Waals surface area contributed by atoms with Crippen molar-refractivity contribution in [1.82, 2.24) is 113 Å². The molecular weight excluding hydrogens is 1570 g/mol. The number of aryl methyl sites for hydroxylation is 1. The molecule has 2 bridgehead atoms. The molecule has 0 saturated carbocycles. The molecule has 10 heterocycles. The van der Waals surface area contributed by atoms with Crippen LogP contribution in [-0.4, -0.2) is 231 Å². The van der Waals surface area contributed by atoms with Crippen molar-refractivity contribution in [2.75, 3.05) is 29.0 Å². The first-order valence-corrected chi connectivity index (χ1v) is 42.3. The third kappa shape index (κ3) is 20.1. The molecule has 12 atom stereocenters. The molecule has 602 valence electrons. The SMILES string of the molecule is O=C1N[C@H]2CSS[C@H](NC(=O)[C@H](Cc3c[nH]c4ccccc34)NC(=O)[C@H](Cc3c[nH]cn3)NC(=O)[C@@H](Cc3ccccc3)NC(=O)[C@H](Cc3c[nH]cn3)NC(=O)[C@@H]3CSCN3C2=O)C(=O)N2CSC[C@H]2C(=O)N[C@@H](Cc2c[nH]cn2)C(=O)N[C@H](Cc2ccccc2)C(=O)N[C@@H](Cc2c[nH]cn2)C(=O)N[C@H]1CCc1c[nH]c2ccccc12. The Hall–Kier alpha value is -12.2. The number of imidazole rings is 4. The average Bonchev–Trinajstić information content (AvgIpc) is 1.58. The van der Waals surface area contributed by atoms with Crippen LogP contribution in [0.2, 0.25) is 0 Å². The maximum Gasteiger partial charge on any atom is 0.257 e. The van der Waals surface area contributed by atoms with Crippen LogP contribution >= 0.6 is 45.1 Å². The highest BCUT2D eigenvalue weighted by Crippen LogP contribution is 2.33. The molecule has 116 heavy (non-hydrogen) atoms. The minimum absolute atomic E-state index is 0.0215. The summed E-state index contributed by atoms with van der Waals surface area (Å²) in [7, 11) is 1.59. The summed E-state index contributed by atoms with van der Waals surface area (Å²) < 4.78 is 0. The molecule has 34 nitrogen and oxygen atoms in total. The van der Waals surface area contributed by atoms with E-state index in [2.05, 4.69) is 103 Å². The van der Waals surface area contributed by atoms with Gasteiger partial charge in [0.05, 0.1) is 59.8 Å². The van der Waals surface area contributed by atoms with Crippen LogP contribution in [0, 0.1) is 0 Å². The maximum atomic E-state index is 16.0. The minimum atomic E-state index is -1.73. The summed E-state index contributed by atoms with van der Waals surface area (Å²) in [6, 6.07) is 15.8. The number of amides is 12. The number of aromatic nitrogens is 10. The Bertz CT molecular complexity index is 5100. The molecule has 0 radical (unpaired) electrons. The highest BCUT2D eigenvalue weighted by Gasteiger charge is 2.45.